The highest BCUT2D eigenvalue weighted by Gasteiger charge is 2.14. The summed E-state index contributed by atoms with van der Waals surface area (Å²) < 4.78 is 13.6. The van der Waals surface area contributed by atoms with Crippen LogP contribution in [0.3, 0.4) is 0 Å². The molecule has 25 heavy (non-hydrogen) atoms. The lowest BCUT2D eigenvalue weighted by Gasteiger charge is -2.12. The van der Waals surface area contributed by atoms with Gasteiger partial charge in [0.1, 0.15) is 5.82 Å². The van der Waals surface area contributed by atoms with Crippen molar-refractivity contribution in [3.8, 4) is 0 Å². The van der Waals surface area contributed by atoms with Gasteiger partial charge in [-0.2, -0.15) is 0 Å². The van der Waals surface area contributed by atoms with Gasteiger partial charge in [-0.05, 0) is 31.2 Å². The molecule has 2 rings (SSSR count). The molecule has 0 spiro atoms. The molecule has 0 bridgehead atoms. The number of carboxylic acids is 1. The number of carboxylic acid groups (broad SMARTS) is 1. The third-order valence-electron chi connectivity index (χ3n) is 3.31. The van der Waals surface area contributed by atoms with Gasteiger partial charge in [0.05, 0.1) is 34.1 Å². The highest BCUT2D eigenvalue weighted by atomic mass is 35.5. The number of carbonyl (C=O) groups excluding carboxylic acids is 2. The highest BCUT2D eigenvalue weighted by molar-refractivity contribution is 6.33. The SMILES string of the molecule is CC(=O)c1cc(NCC(=O)Nc2ccccc2C(=O)O)c(Cl)cc1F. The van der Waals surface area contributed by atoms with Crippen molar-refractivity contribution in [2.24, 2.45) is 0 Å². The van der Waals surface area contributed by atoms with E-state index in [4.69, 9.17) is 16.7 Å². The molecule has 0 atom stereocenters. The molecule has 3 N–H and O–H groups in total. The van der Waals surface area contributed by atoms with Crippen LogP contribution in [0.25, 0.3) is 0 Å². The van der Waals surface area contributed by atoms with E-state index in [1.54, 1.807) is 12.1 Å². The van der Waals surface area contributed by atoms with Gasteiger partial charge in [-0.25, -0.2) is 9.18 Å². The van der Waals surface area contributed by atoms with Gasteiger partial charge in [0.25, 0.3) is 0 Å². The Hall–Kier alpha value is -2.93. The molecule has 1 amide bonds. The van der Waals surface area contributed by atoms with E-state index in [9.17, 15) is 18.8 Å². The summed E-state index contributed by atoms with van der Waals surface area (Å²) in [6, 6.07) is 8.16. The molecule has 2 aromatic rings. The first kappa shape index (κ1) is 18.4. The lowest BCUT2D eigenvalue weighted by Crippen LogP contribution is -2.23. The quantitative estimate of drug-likeness (QED) is 0.682. The van der Waals surface area contributed by atoms with Gasteiger partial charge in [0.2, 0.25) is 5.91 Å². The maximum atomic E-state index is 13.6. The molecule has 0 aliphatic heterocycles. The molecular weight excluding hydrogens is 351 g/mol. The number of rotatable bonds is 6. The van der Waals surface area contributed by atoms with Crippen molar-refractivity contribution >= 4 is 40.6 Å². The van der Waals surface area contributed by atoms with E-state index in [1.165, 1.54) is 25.1 Å². The van der Waals surface area contributed by atoms with E-state index < -0.39 is 23.5 Å². The Labute approximate surface area is 147 Å². The molecule has 8 heteroatoms. The third kappa shape index (κ3) is 4.54. The lowest BCUT2D eigenvalue weighted by atomic mass is 10.1. The van der Waals surface area contributed by atoms with E-state index in [1.807, 2.05) is 0 Å². The number of aromatic carboxylic acids is 1. The Morgan fingerprint density at radius 2 is 1.80 bits per heavy atom. The number of carbonyl (C=O) groups is 3. The van der Waals surface area contributed by atoms with Crippen molar-refractivity contribution in [2.75, 3.05) is 17.2 Å². The van der Waals surface area contributed by atoms with E-state index in [0.29, 0.717) is 0 Å². The molecule has 0 aromatic heterocycles. The van der Waals surface area contributed by atoms with Gasteiger partial charge in [0, 0.05) is 0 Å². The summed E-state index contributed by atoms with van der Waals surface area (Å²) >= 11 is 5.89. The minimum Gasteiger partial charge on any atom is -0.478 e. The third-order valence-corrected chi connectivity index (χ3v) is 3.62. The Morgan fingerprint density at radius 3 is 2.44 bits per heavy atom. The number of Topliss-reactive ketones (excluding diaryl/α,β-unsaturated/α-hetero) is 1. The van der Waals surface area contributed by atoms with Crippen molar-refractivity contribution in [1.82, 2.24) is 0 Å². The fraction of sp³-hybridized carbons (Fsp3) is 0.118. The molecule has 0 saturated heterocycles. The van der Waals surface area contributed by atoms with Gasteiger partial charge in [-0.1, -0.05) is 23.7 Å². The van der Waals surface area contributed by atoms with E-state index in [-0.39, 0.29) is 34.1 Å². The van der Waals surface area contributed by atoms with E-state index in [0.717, 1.165) is 6.07 Å². The topological polar surface area (TPSA) is 95.5 Å². The van der Waals surface area contributed by atoms with Crippen molar-refractivity contribution in [3.63, 3.8) is 0 Å². The van der Waals surface area contributed by atoms with Crippen molar-refractivity contribution in [3.05, 3.63) is 58.4 Å². The molecule has 2 aromatic carbocycles. The number of amides is 1. The van der Waals surface area contributed by atoms with Crippen LogP contribution in [0.15, 0.2) is 36.4 Å². The lowest BCUT2D eigenvalue weighted by molar-refractivity contribution is -0.114. The highest BCUT2D eigenvalue weighted by Crippen LogP contribution is 2.26. The first-order chi connectivity index (χ1) is 11.8. The standard InChI is InChI=1S/C17H14ClFN2O4/c1-9(22)11-6-15(12(18)7-13(11)19)20-8-16(23)21-14-5-3-2-4-10(14)17(24)25/h2-7,20H,8H2,1H3,(H,21,23)(H,24,25). The Morgan fingerprint density at radius 1 is 1.12 bits per heavy atom. The van der Waals surface area contributed by atoms with Crippen LogP contribution in [-0.2, 0) is 4.79 Å². The van der Waals surface area contributed by atoms with Crippen LogP contribution < -0.4 is 10.6 Å². The summed E-state index contributed by atoms with van der Waals surface area (Å²) in [5, 5.41) is 14.3. The summed E-state index contributed by atoms with van der Waals surface area (Å²) in [6.07, 6.45) is 0. The first-order valence-corrected chi connectivity index (χ1v) is 7.53. The summed E-state index contributed by atoms with van der Waals surface area (Å²) in [5.41, 5.74) is 0.171. The predicted molar refractivity (Wildman–Crippen MR) is 91.9 cm³/mol. The second-order valence-corrected chi connectivity index (χ2v) is 5.53. The molecule has 0 aliphatic rings. The summed E-state index contributed by atoms with van der Waals surface area (Å²) in [6.45, 7) is 0.961. The second-order valence-electron chi connectivity index (χ2n) is 5.12. The van der Waals surface area contributed by atoms with Crippen molar-refractivity contribution < 1.29 is 23.9 Å². The Bertz CT molecular complexity index is 855. The maximum Gasteiger partial charge on any atom is 0.337 e. The zero-order valence-corrected chi connectivity index (χ0v) is 13.9. The van der Waals surface area contributed by atoms with Gasteiger partial charge < -0.3 is 15.7 Å². The largest absolute Gasteiger partial charge is 0.478 e. The zero-order chi connectivity index (χ0) is 18.6. The van der Waals surface area contributed by atoms with Gasteiger partial charge in [-0.15, -0.1) is 0 Å². The molecule has 130 valence electrons. The smallest absolute Gasteiger partial charge is 0.337 e. The number of ketones is 1. The Balaban J connectivity index is 2.10. The van der Waals surface area contributed by atoms with Crippen LogP contribution in [0.4, 0.5) is 15.8 Å². The van der Waals surface area contributed by atoms with Crippen LogP contribution in [0.2, 0.25) is 5.02 Å². The number of hydrogen-bond acceptors (Lipinski definition) is 4. The van der Waals surface area contributed by atoms with Crippen molar-refractivity contribution in [2.45, 2.75) is 6.92 Å². The number of hydrogen-bond donors (Lipinski definition) is 3. The zero-order valence-electron chi connectivity index (χ0n) is 13.1. The maximum absolute atomic E-state index is 13.6. The minimum absolute atomic E-state index is 0.0150. The average molecular weight is 365 g/mol. The van der Waals surface area contributed by atoms with Crippen LogP contribution in [0, 0.1) is 5.82 Å². The van der Waals surface area contributed by atoms with Gasteiger partial charge >= 0.3 is 5.97 Å². The molecule has 0 heterocycles. The monoisotopic (exact) mass is 364 g/mol. The molecule has 0 radical (unpaired) electrons. The van der Waals surface area contributed by atoms with Crippen LogP contribution in [0.1, 0.15) is 27.6 Å². The second kappa shape index (κ2) is 7.76. The van der Waals surface area contributed by atoms with Crippen LogP contribution in [-0.4, -0.2) is 29.3 Å². The van der Waals surface area contributed by atoms with Gasteiger partial charge in [-0.3, -0.25) is 9.59 Å². The number of nitrogens with one attached hydrogen (secondary N) is 2. The van der Waals surface area contributed by atoms with Crippen molar-refractivity contribution in [1.29, 1.82) is 0 Å². The Kier molecular flexibility index (Phi) is 5.71. The molecule has 6 nitrogen and oxygen atoms in total. The van der Waals surface area contributed by atoms with Crippen LogP contribution >= 0.6 is 11.6 Å². The van der Waals surface area contributed by atoms with E-state index >= 15 is 0 Å². The first-order valence-electron chi connectivity index (χ1n) is 7.15. The van der Waals surface area contributed by atoms with E-state index in [2.05, 4.69) is 10.6 Å². The summed E-state index contributed by atoms with van der Waals surface area (Å²) in [7, 11) is 0. The molecular formula is C17H14ClFN2O4. The molecule has 0 aliphatic carbocycles. The normalized spacial score (nSPS) is 10.2. The van der Waals surface area contributed by atoms with Gasteiger partial charge in [0.15, 0.2) is 5.78 Å². The summed E-state index contributed by atoms with van der Waals surface area (Å²) in [4.78, 5) is 34.5. The van der Waals surface area contributed by atoms with Crippen LogP contribution in [0.5, 0.6) is 0 Å². The number of para-hydroxylation sites is 1. The minimum atomic E-state index is -1.17. The predicted octanol–water partition coefficient (Wildman–Crippen LogP) is 3.43. The average Bonchev–Trinajstić information content (AvgIpc) is 2.54. The molecule has 0 saturated carbocycles. The fourth-order valence-electron chi connectivity index (χ4n) is 2.10. The number of anilines is 2. The number of halogens is 2. The number of benzene rings is 2. The molecule has 0 fully saturated rings. The fourth-order valence-corrected chi connectivity index (χ4v) is 2.32. The summed E-state index contributed by atoms with van der Waals surface area (Å²) in [5.74, 6) is -2.92. The molecule has 0 unspecified atom stereocenters.